The molecule has 1 aliphatic rings. The van der Waals surface area contributed by atoms with E-state index >= 15 is 0 Å². The highest BCUT2D eigenvalue weighted by molar-refractivity contribution is 9.10. The van der Waals surface area contributed by atoms with Gasteiger partial charge in [-0.2, -0.15) is 0 Å². The van der Waals surface area contributed by atoms with Gasteiger partial charge >= 0.3 is 0 Å². The van der Waals surface area contributed by atoms with Gasteiger partial charge in [-0.3, -0.25) is 4.79 Å². The van der Waals surface area contributed by atoms with Crippen molar-refractivity contribution in [3.8, 4) is 5.75 Å². The molecule has 1 aromatic carbocycles. The monoisotopic (exact) mass is 376 g/mol. The maximum absolute atomic E-state index is 12.1. The lowest BCUT2D eigenvalue weighted by molar-refractivity contribution is -0.133. The molecular weight excluding hydrogens is 360 g/mol. The maximum Gasteiger partial charge on any atom is 0.242 e. The molecule has 1 aromatic rings. The van der Waals surface area contributed by atoms with Crippen LogP contribution in [0.15, 0.2) is 16.6 Å². The van der Waals surface area contributed by atoms with Crippen LogP contribution in [0.1, 0.15) is 6.92 Å². The highest BCUT2D eigenvalue weighted by atomic mass is 79.9. The van der Waals surface area contributed by atoms with Gasteiger partial charge in [-0.05, 0) is 35.0 Å². The fourth-order valence-corrected chi connectivity index (χ4v) is 3.00. The summed E-state index contributed by atoms with van der Waals surface area (Å²) in [5, 5.41) is 3.68. The van der Waals surface area contributed by atoms with E-state index in [0.717, 1.165) is 4.47 Å². The van der Waals surface area contributed by atoms with Crippen LogP contribution >= 0.6 is 27.5 Å². The smallest absolute Gasteiger partial charge is 0.242 e. The van der Waals surface area contributed by atoms with Crippen molar-refractivity contribution in [2.24, 2.45) is 0 Å². The van der Waals surface area contributed by atoms with Crippen molar-refractivity contribution in [1.82, 2.24) is 4.90 Å². The first-order valence-electron chi connectivity index (χ1n) is 6.83. The first-order valence-corrected chi connectivity index (χ1v) is 8.00. The second kappa shape index (κ2) is 7.87. The van der Waals surface area contributed by atoms with E-state index in [-0.39, 0.29) is 12.5 Å². The molecule has 0 radical (unpaired) electrons. The molecule has 116 valence electrons. The number of hydrogen-bond donors (Lipinski definition) is 1. The topological polar surface area (TPSA) is 50.8 Å². The van der Waals surface area contributed by atoms with Crippen LogP contribution in [-0.2, 0) is 9.53 Å². The van der Waals surface area contributed by atoms with E-state index in [1.165, 1.54) is 0 Å². The summed E-state index contributed by atoms with van der Waals surface area (Å²) < 4.78 is 11.6. The van der Waals surface area contributed by atoms with Crippen LogP contribution < -0.4 is 10.1 Å². The van der Waals surface area contributed by atoms with Crippen molar-refractivity contribution in [1.29, 1.82) is 0 Å². The molecule has 0 aliphatic carbocycles. The predicted octanol–water partition coefficient (Wildman–Crippen LogP) is 2.77. The Morgan fingerprint density at radius 3 is 2.86 bits per heavy atom. The number of anilines is 1. The number of nitrogens with one attached hydrogen (secondary N) is 1. The lowest BCUT2D eigenvalue weighted by atomic mass is 10.3. The standard InChI is InChI=1S/C14H18BrClN2O3/c1-2-21-14-11(15)7-10(16)8-12(14)17-9-13(19)18-3-5-20-6-4-18/h7-8,17H,2-6,9H2,1H3. The first-order chi connectivity index (χ1) is 10.1. The largest absolute Gasteiger partial charge is 0.491 e. The summed E-state index contributed by atoms with van der Waals surface area (Å²) in [7, 11) is 0. The summed E-state index contributed by atoms with van der Waals surface area (Å²) in [5.41, 5.74) is 0.706. The van der Waals surface area contributed by atoms with Crippen molar-refractivity contribution >= 4 is 39.1 Å². The third-order valence-corrected chi connectivity index (χ3v) is 3.90. The normalized spacial score (nSPS) is 14.9. The number of hydrogen-bond acceptors (Lipinski definition) is 4. The third-order valence-electron chi connectivity index (χ3n) is 3.09. The second-order valence-electron chi connectivity index (χ2n) is 4.54. The number of nitrogens with zero attached hydrogens (tertiary/aromatic N) is 1. The van der Waals surface area contributed by atoms with Crippen molar-refractivity contribution in [3.05, 3.63) is 21.6 Å². The van der Waals surface area contributed by atoms with E-state index in [0.29, 0.717) is 49.4 Å². The first kappa shape index (κ1) is 16.4. The zero-order valence-corrected chi connectivity index (χ0v) is 14.2. The maximum atomic E-state index is 12.1. The number of rotatable bonds is 5. The van der Waals surface area contributed by atoms with Gasteiger partial charge in [0.2, 0.25) is 5.91 Å². The number of ether oxygens (including phenoxy) is 2. The van der Waals surface area contributed by atoms with Gasteiger partial charge in [0.05, 0.1) is 36.5 Å². The minimum atomic E-state index is 0.0387. The minimum Gasteiger partial charge on any atom is -0.491 e. The number of carbonyl (C=O) groups is 1. The molecule has 21 heavy (non-hydrogen) atoms. The Morgan fingerprint density at radius 2 is 2.19 bits per heavy atom. The number of carbonyl (C=O) groups excluding carboxylic acids is 1. The van der Waals surface area contributed by atoms with Crippen LogP contribution in [-0.4, -0.2) is 50.3 Å². The molecule has 7 heteroatoms. The third kappa shape index (κ3) is 4.49. The van der Waals surface area contributed by atoms with Crippen LogP contribution in [0.2, 0.25) is 5.02 Å². The average Bonchev–Trinajstić information content (AvgIpc) is 2.48. The molecule has 0 bridgehead atoms. The Balaban J connectivity index is 2.03. The van der Waals surface area contributed by atoms with Gasteiger partial charge in [-0.25, -0.2) is 0 Å². The van der Waals surface area contributed by atoms with Crippen LogP contribution in [0.3, 0.4) is 0 Å². The summed E-state index contributed by atoms with van der Waals surface area (Å²) in [6.45, 7) is 5.11. The number of halogens is 2. The summed E-state index contributed by atoms with van der Waals surface area (Å²) in [5.74, 6) is 0.702. The fourth-order valence-electron chi connectivity index (χ4n) is 2.08. The Bertz CT molecular complexity index is 507. The number of amides is 1. The molecular formula is C14H18BrClN2O3. The van der Waals surface area contributed by atoms with Crippen molar-refractivity contribution in [2.75, 3.05) is 44.8 Å². The van der Waals surface area contributed by atoms with Gasteiger partial charge in [-0.15, -0.1) is 0 Å². The Labute approximate surface area is 137 Å². The van der Waals surface area contributed by atoms with Gasteiger partial charge in [-0.1, -0.05) is 11.6 Å². The zero-order valence-electron chi connectivity index (χ0n) is 11.8. The van der Waals surface area contributed by atoms with Gasteiger partial charge < -0.3 is 19.7 Å². The average molecular weight is 378 g/mol. The van der Waals surface area contributed by atoms with E-state index in [4.69, 9.17) is 21.1 Å². The highest BCUT2D eigenvalue weighted by Crippen LogP contribution is 2.36. The van der Waals surface area contributed by atoms with E-state index in [1.807, 2.05) is 6.92 Å². The van der Waals surface area contributed by atoms with Gasteiger partial charge in [0.25, 0.3) is 0 Å². The van der Waals surface area contributed by atoms with E-state index in [1.54, 1.807) is 17.0 Å². The summed E-state index contributed by atoms with van der Waals surface area (Å²) in [6.07, 6.45) is 0. The van der Waals surface area contributed by atoms with Crippen molar-refractivity contribution < 1.29 is 14.3 Å². The van der Waals surface area contributed by atoms with Crippen molar-refractivity contribution in [2.45, 2.75) is 6.92 Å². The van der Waals surface area contributed by atoms with Gasteiger partial charge in [0.15, 0.2) is 5.75 Å². The lowest BCUT2D eigenvalue weighted by Crippen LogP contribution is -2.43. The number of benzene rings is 1. The van der Waals surface area contributed by atoms with Crippen LogP contribution in [0.5, 0.6) is 5.75 Å². The fraction of sp³-hybridized carbons (Fsp3) is 0.500. The van der Waals surface area contributed by atoms with Gasteiger partial charge in [0, 0.05) is 18.1 Å². The molecule has 0 aromatic heterocycles. The minimum absolute atomic E-state index is 0.0387. The van der Waals surface area contributed by atoms with E-state index < -0.39 is 0 Å². The molecule has 1 aliphatic heterocycles. The molecule has 1 fully saturated rings. The van der Waals surface area contributed by atoms with Crippen molar-refractivity contribution in [3.63, 3.8) is 0 Å². The predicted molar refractivity (Wildman–Crippen MR) is 86.2 cm³/mol. The molecule has 0 atom stereocenters. The second-order valence-corrected chi connectivity index (χ2v) is 5.83. The number of morpholine rings is 1. The Hall–Kier alpha value is -0.980. The zero-order chi connectivity index (χ0) is 15.2. The van der Waals surface area contributed by atoms with Crippen LogP contribution in [0.4, 0.5) is 5.69 Å². The molecule has 1 saturated heterocycles. The SMILES string of the molecule is CCOc1c(Br)cc(Cl)cc1NCC(=O)N1CCOCC1. The van der Waals surface area contributed by atoms with E-state index in [2.05, 4.69) is 21.2 Å². The molecule has 1 amide bonds. The quantitative estimate of drug-likeness (QED) is 0.857. The Kier molecular flexibility index (Phi) is 6.14. The molecule has 0 saturated carbocycles. The van der Waals surface area contributed by atoms with Crippen LogP contribution in [0, 0.1) is 0 Å². The van der Waals surface area contributed by atoms with Gasteiger partial charge in [0.1, 0.15) is 0 Å². The summed E-state index contributed by atoms with van der Waals surface area (Å²) in [6, 6.07) is 3.52. The summed E-state index contributed by atoms with van der Waals surface area (Å²) in [4.78, 5) is 13.9. The highest BCUT2D eigenvalue weighted by Gasteiger charge is 2.17. The van der Waals surface area contributed by atoms with E-state index in [9.17, 15) is 4.79 Å². The lowest BCUT2D eigenvalue weighted by Gasteiger charge is -2.27. The molecule has 2 rings (SSSR count). The Morgan fingerprint density at radius 1 is 1.48 bits per heavy atom. The molecule has 0 spiro atoms. The molecule has 1 heterocycles. The molecule has 5 nitrogen and oxygen atoms in total. The summed E-state index contributed by atoms with van der Waals surface area (Å²) >= 11 is 9.47. The van der Waals surface area contributed by atoms with Crippen LogP contribution in [0.25, 0.3) is 0 Å². The molecule has 1 N–H and O–H groups in total. The molecule has 0 unspecified atom stereocenters.